The minimum absolute atomic E-state index is 0.0414. The van der Waals surface area contributed by atoms with Crippen LogP contribution < -0.4 is 0 Å². The van der Waals surface area contributed by atoms with Gasteiger partial charge in [0.25, 0.3) is 5.85 Å². The second-order valence-corrected chi connectivity index (χ2v) is 20.2. The van der Waals surface area contributed by atoms with E-state index in [4.69, 9.17) is 9.47 Å². The first kappa shape index (κ1) is 35.5. The number of carbonyl (C=O) groups is 3. The molecule has 0 aliphatic heterocycles. The monoisotopic (exact) mass is 677 g/mol. The summed E-state index contributed by atoms with van der Waals surface area (Å²) in [6.45, 7) is 17.9. The van der Waals surface area contributed by atoms with Crippen molar-refractivity contribution in [2.24, 2.45) is 50.2 Å². The van der Waals surface area contributed by atoms with Crippen LogP contribution in [0.3, 0.4) is 0 Å². The fourth-order valence-electron chi connectivity index (χ4n) is 12.1. The molecule has 4 saturated carbocycles. The first-order valence-corrected chi connectivity index (χ1v) is 20.3. The van der Waals surface area contributed by atoms with E-state index in [-0.39, 0.29) is 75.1 Å². The van der Waals surface area contributed by atoms with Gasteiger partial charge in [0, 0.05) is 11.5 Å². The number of ketones is 1. The molecule has 11 atom stereocenters. The molecule has 0 saturated heterocycles. The summed E-state index contributed by atoms with van der Waals surface area (Å²) in [5, 5.41) is 9.33. The molecule has 5 aliphatic rings. The number of hydrogen-bond acceptors (Lipinski definition) is 5. The van der Waals surface area contributed by atoms with Crippen LogP contribution in [-0.4, -0.2) is 48.5 Å². The Morgan fingerprint density at radius 3 is 2.27 bits per heavy atom. The van der Waals surface area contributed by atoms with E-state index in [1.807, 2.05) is 30.3 Å². The number of benzene rings is 1. The Labute approximate surface area is 289 Å². The van der Waals surface area contributed by atoms with Gasteiger partial charge in [-0.1, -0.05) is 77.4 Å². The van der Waals surface area contributed by atoms with Crippen LogP contribution in [-0.2, 0) is 23.9 Å². The van der Waals surface area contributed by atoms with Crippen LogP contribution >= 0.6 is 7.55 Å². The first-order chi connectivity index (χ1) is 22.3. The van der Waals surface area contributed by atoms with Crippen molar-refractivity contribution >= 4 is 31.6 Å². The van der Waals surface area contributed by atoms with Gasteiger partial charge in [-0.15, -0.1) is 0 Å². The molecule has 0 heterocycles. The van der Waals surface area contributed by atoms with Crippen LogP contribution in [0.4, 0.5) is 0 Å². The number of allylic oxidation sites excluding steroid dienone is 2. The average molecular weight is 678 g/mol. The molecule has 1 aromatic carbocycles. The maximum Gasteiger partial charge on any atom is 0.329 e. The fourth-order valence-corrected chi connectivity index (χ4v) is 13.0. The van der Waals surface area contributed by atoms with Crippen LogP contribution in [0.25, 0.3) is 0 Å². The average Bonchev–Trinajstić information content (AvgIpc) is 3.01. The van der Waals surface area contributed by atoms with E-state index in [0.29, 0.717) is 6.42 Å². The van der Waals surface area contributed by atoms with Crippen molar-refractivity contribution in [1.82, 2.24) is 0 Å². The lowest BCUT2D eigenvalue weighted by Gasteiger charge is -2.70. The van der Waals surface area contributed by atoms with E-state index in [2.05, 4.69) is 67.5 Å². The molecule has 4 fully saturated rings. The molecule has 1 aromatic rings. The molecule has 5 aliphatic carbocycles. The highest BCUT2D eigenvalue weighted by atomic mass is 31.1. The van der Waals surface area contributed by atoms with E-state index in [9.17, 15) is 19.5 Å². The molecule has 2 unspecified atom stereocenters. The zero-order chi connectivity index (χ0) is 35.1. The number of hydrogen-bond donors (Lipinski definition) is 1. The standard InChI is InChI=1S/C41H57O6P/c1-36(2)30-15-18-41(7)33(39(30,5)17-16-31(36)46-25-32(43)44)29(42)23-27-28-24-38(4,20-19-37(28,3)21-22-40(27,41)6)35(45)47-34(48(8)9)26-13-11-10-12-14-26/h10-14,23,28,30-31,33-34H,8,15-22,24-25H2,1-7,9H3/p+1/t28-,30-,31-,33+,34?,37+,38-,39-,40+,41+/m0/s1. The Kier molecular flexibility index (Phi) is 8.81. The minimum atomic E-state index is -0.936. The van der Waals surface area contributed by atoms with E-state index in [1.165, 1.54) is 5.57 Å². The second-order valence-electron chi connectivity index (χ2n) is 18.2. The molecule has 6 rings (SSSR count). The van der Waals surface area contributed by atoms with Crippen molar-refractivity contribution in [3.05, 3.63) is 47.5 Å². The molecule has 1 N–H and O–H groups in total. The maximum absolute atomic E-state index is 14.8. The molecule has 0 spiro atoms. The smallest absolute Gasteiger partial charge is 0.329 e. The molecular formula is C41H58O6P+. The number of ether oxygens (including phenoxy) is 2. The minimum Gasteiger partial charge on any atom is -0.480 e. The van der Waals surface area contributed by atoms with Crippen LogP contribution in [0.5, 0.6) is 0 Å². The lowest BCUT2D eigenvalue weighted by molar-refractivity contribution is -0.210. The van der Waals surface area contributed by atoms with Gasteiger partial charge in [-0.05, 0) is 110 Å². The van der Waals surface area contributed by atoms with Gasteiger partial charge >= 0.3 is 11.9 Å². The second kappa shape index (κ2) is 11.9. The number of rotatable bonds is 7. The summed E-state index contributed by atoms with van der Waals surface area (Å²) >= 11 is 0. The predicted octanol–water partition coefficient (Wildman–Crippen LogP) is 9.22. The van der Waals surface area contributed by atoms with Gasteiger partial charge in [0.2, 0.25) is 0 Å². The molecule has 48 heavy (non-hydrogen) atoms. The highest BCUT2D eigenvalue weighted by Crippen LogP contribution is 2.75. The Bertz CT molecular complexity index is 1530. The van der Waals surface area contributed by atoms with Gasteiger partial charge in [0.15, 0.2) is 5.78 Å². The van der Waals surface area contributed by atoms with Gasteiger partial charge in [0.05, 0.1) is 24.5 Å². The van der Waals surface area contributed by atoms with Crippen molar-refractivity contribution < 1.29 is 29.0 Å². The number of carboxylic acids is 1. The van der Waals surface area contributed by atoms with Crippen LogP contribution in [0.1, 0.15) is 118 Å². The Hall–Kier alpha value is -2.30. The normalized spacial score (nSPS) is 42.5. The van der Waals surface area contributed by atoms with Crippen molar-refractivity contribution in [3.63, 3.8) is 0 Å². The summed E-state index contributed by atoms with van der Waals surface area (Å²) in [5.41, 5.74) is 0.896. The SMILES string of the molecule is C=[P+](C)C(OC(=O)[C@@]1(C)CC[C@]2(C)CC[C@]3(C)C(=CC(=O)[C@@H]4[C@@]5(C)CC[C@H](OCC(=O)O)C(C)(C)[C@@H]5CC[C@]43C)[C@@H]2C1)c1ccccc1. The molecule has 0 amide bonds. The summed E-state index contributed by atoms with van der Waals surface area (Å²) in [7, 11) is -0.794. The molecular weight excluding hydrogens is 619 g/mol. The molecule has 0 bridgehead atoms. The highest BCUT2D eigenvalue weighted by molar-refractivity contribution is 7.55. The number of aliphatic carboxylic acids is 1. The highest BCUT2D eigenvalue weighted by Gasteiger charge is 2.70. The van der Waals surface area contributed by atoms with Gasteiger partial charge in [-0.25, -0.2) is 4.79 Å². The Balaban J connectivity index is 1.32. The van der Waals surface area contributed by atoms with Crippen molar-refractivity contribution in [2.45, 2.75) is 118 Å². The first-order valence-electron chi connectivity index (χ1n) is 18.2. The van der Waals surface area contributed by atoms with Gasteiger partial charge in [-0.3, -0.25) is 9.59 Å². The van der Waals surface area contributed by atoms with E-state index in [0.717, 1.165) is 56.9 Å². The van der Waals surface area contributed by atoms with Gasteiger partial charge < -0.3 is 14.6 Å². The Morgan fingerprint density at radius 2 is 1.62 bits per heavy atom. The lowest BCUT2D eigenvalue weighted by Crippen LogP contribution is -2.66. The van der Waals surface area contributed by atoms with Crippen LogP contribution in [0.15, 0.2) is 42.0 Å². The summed E-state index contributed by atoms with van der Waals surface area (Å²) in [4.78, 5) is 40.3. The third-order valence-corrected chi connectivity index (χ3v) is 16.3. The van der Waals surface area contributed by atoms with Gasteiger partial charge in [-0.2, -0.15) is 0 Å². The molecule has 6 nitrogen and oxygen atoms in total. The molecule has 0 aromatic heterocycles. The Morgan fingerprint density at radius 1 is 0.958 bits per heavy atom. The van der Waals surface area contributed by atoms with E-state index in [1.54, 1.807) is 0 Å². The van der Waals surface area contributed by atoms with Crippen molar-refractivity contribution in [3.8, 4) is 0 Å². The number of esters is 1. The predicted molar refractivity (Wildman–Crippen MR) is 192 cm³/mol. The zero-order valence-electron chi connectivity index (χ0n) is 30.6. The van der Waals surface area contributed by atoms with Gasteiger partial charge in [0.1, 0.15) is 14.2 Å². The third kappa shape index (κ3) is 5.29. The maximum atomic E-state index is 14.8. The number of carbonyl (C=O) groups excluding carboxylic acids is 2. The third-order valence-electron chi connectivity index (χ3n) is 15.1. The summed E-state index contributed by atoms with van der Waals surface area (Å²) < 4.78 is 12.4. The van der Waals surface area contributed by atoms with Crippen molar-refractivity contribution in [1.29, 1.82) is 0 Å². The summed E-state index contributed by atoms with van der Waals surface area (Å²) in [6, 6.07) is 10.00. The summed E-state index contributed by atoms with van der Waals surface area (Å²) in [6.07, 6.45) is 14.4. The zero-order valence-corrected chi connectivity index (χ0v) is 31.5. The van der Waals surface area contributed by atoms with Crippen molar-refractivity contribution in [2.75, 3.05) is 13.3 Å². The topological polar surface area (TPSA) is 89.9 Å². The largest absolute Gasteiger partial charge is 0.480 e. The molecule has 0 radical (unpaired) electrons. The lowest BCUT2D eigenvalue weighted by atomic mass is 9.33. The number of carboxylic acid groups (broad SMARTS) is 1. The number of fused-ring (bicyclic) bond motifs is 7. The molecule has 262 valence electrons. The summed E-state index contributed by atoms with van der Waals surface area (Å²) in [5.74, 6) is -0.848. The van der Waals surface area contributed by atoms with E-state index >= 15 is 0 Å². The van der Waals surface area contributed by atoms with Crippen LogP contribution in [0, 0.1) is 50.2 Å². The van der Waals surface area contributed by atoms with Crippen LogP contribution in [0.2, 0.25) is 0 Å². The molecule has 7 heteroatoms. The fraction of sp³-hybridized carbons (Fsp3) is 0.707. The quantitative estimate of drug-likeness (QED) is 0.229. The van der Waals surface area contributed by atoms with E-state index < -0.39 is 18.9 Å².